The topological polar surface area (TPSA) is 115 Å². The summed E-state index contributed by atoms with van der Waals surface area (Å²) in [6.45, 7) is 0.942. The number of likely N-dealkylation sites (tertiary alicyclic amines) is 1. The summed E-state index contributed by atoms with van der Waals surface area (Å²) in [6.07, 6.45) is 5.26. The van der Waals surface area contributed by atoms with Crippen molar-refractivity contribution in [2.24, 2.45) is 17.6 Å². The predicted molar refractivity (Wildman–Crippen MR) is 167 cm³/mol. The highest BCUT2D eigenvalue weighted by Gasteiger charge is 2.44. The van der Waals surface area contributed by atoms with E-state index in [2.05, 4.69) is 4.98 Å². The summed E-state index contributed by atoms with van der Waals surface area (Å²) < 4.78 is 23.5. The third kappa shape index (κ3) is 7.38. The Morgan fingerprint density at radius 3 is 2.48 bits per heavy atom. The Balaban J connectivity index is 1.29. The highest BCUT2D eigenvalue weighted by molar-refractivity contribution is 5.96. The van der Waals surface area contributed by atoms with E-state index in [9.17, 15) is 18.8 Å². The van der Waals surface area contributed by atoms with E-state index in [1.54, 1.807) is 13.2 Å². The number of alkyl halides is 1. The Labute approximate surface area is 258 Å². The first-order chi connectivity index (χ1) is 21.4. The van der Waals surface area contributed by atoms with Gasteiger partial charge in [0.15, 0.2) is 5.78 Å². The van der Waals surface area contributed by atoms with Crippen LogP contribution in [0.5, 0.6) is 0 Å². The molecule has 0 radical (unpaired) electrons. The second-order valence-electron chi connectivity index (χ2n) is 12.3. The number of nitrogens with two attached hydrogens (primary N) is 1. The monoisotopic (exact) mass is 605 g/mol. The van der Waals surface area contributed by atoms with Crippen molar-refractivity contribution in [1.29, 1.82) is 0 Å². The third-order valence-electron chi connectivity index (χ3n) is 9.40. The summed E-state index contributed by atoms with van der Waals surface area (Å²) in [7, 11) is 1.64. The van der Waals surface area contributed by atoms with Crippen LogP contribution in [0.1, 0.15) is 72.5 Å². The van der Waals surface area contributed by atoms with Crippen LogP contribution in [0.25, 0.3) is 10.9 Å². The second-order valence-corrected chi connectivity index (χ2v) is 12.3. The van der Waals surface area contributed by atoms with Crippen LogP contribution in [-0.4, -0.2) is 73.2 Å². The van der Waals surface area contributed by atoms with Crippen molar-refractivity contribution in [3.8, 4) is 0 Å². The van der Waals surface area contributed by atoms with Gasteiger partial charge >= 0.3 is 5.97 Å². The van der Waals surface area contributed by atoms with E-state index >= 15 is 0 Å². The number of benzene rings is 2. The van der Waals surface area contributed by atoms with Gasteiger partial charge in [0.05, 0.1) is 12.6 Å². The van der Waals surface area contributed by atoms with E-state index in [4.69, 9.17) is 15.2 Å². The number of Topliss-reactive ketones (excluding diaryl/α,β-unsaturated/α-hetero) is 1. The lowest BCUT2D eigenvalue weighted by atomic mass is 9.78. The Morgan fingerprint density at radius 2 is 1.75 bits per heavy atom. The van der Waals surface area contributed by atoms with Crippen molar-refractivity contribution in [2.45, 2.75) is 69.4 Å². The van der Waals surface area contributed by atoms with Gasteiger partial charge in [0.25, 0.3) is 0 Å². The number of amides is 1. The summed E-state index contributed by atoms with van der Waals surface area (Å²) in [4.78, 5) is 45.4. The number of esters is 1. The number of hydrogen-bond donors (Lipinski definition) is 2. The highest BCUT2D eigenvalue weighted by atomic mass is 19.1. The number of carbonyl (C=O) groups excluding carboxylic acids is 3. The van der Waals surface area contributed by atoms with Gasteiger partial charge in [0, 0.05) is 55.5 Å². The normalized spacial score (nSPS) is 22.7. The highest BCUT2D eigenvalue weighted by Crippen LogP contribution is 2.38. The summed E-state index contributed by atoms with van der Waals surface area (Å²) in [5.41, 5.74) is 8.99. The minimum atomic E-state index is -0.554. The van der Waals surface area contributed by atoms with E-state index in [1.165, 1.54) is 0 Å². The van der Waals surface area contributed by atoms with Crippen LogP contribution >= 0.6 is 0 Å². The number of methoxy groups -OCH3 is 1. The zero-order chi connectivity index (χ0) is 31.1. The van der Waals surface area contributed by atoms with Crippen LogP contribution < -0.4 is 5.73 Å². The predicted octanol–water partition coefficient (Wildman–Crippen LogP) is 5.35. The lowest BCUT2D eigenvalue weighted by molar-refractivity contribution is -0.142. The first-order valence-electron chi connectivity index (χ1n) is 15.9. The molecular weight excluding hydrogens is 561 g/mol. The average molecular weight is 606 g/mol. The van der Waals surface area contributed by atoms with Gasteiger partial charge in [0.1, 0.15) is 12.4 Å². The summed E-state index contributed by atoms with van der Waals surface area (Å²) in [5.74, 6) is -0.530. The minimum absolute atomic E-state index is 0.00317. The van der Waals surface area contributed by atoms with Crippen molar-refractivity contribution < 1.29 is 28.2 Å². The molecule has 0 unspecified atom stereocenters. The van der Waals surface area contributed by atoms with Gasteiger partial charge in [-0.2, -0.15) is 0 Å². The maximum Gasteiger partial charge on any atom is 0.354 e. The van der Waals surface area contributed by atoms with Crippen LogP contribution in [0, 0.1) is 11.8 Å². The number of fused-ring (bicyclic) bond motifs is 1. The fraction of sp³-hybridized carbons (Fsp3) is 0.514. The number of halogens is 1. The quantitative estimate of drug-likeness (QED) is 0.201. The molecule has 3 aromatic rings. The lowest BCUT2D eigenvalue weighted by Crippen LogP contribution is -2.47. The molecule has 0 bridgehead atoms. The van der Waals surface area contributed by atoms with E-state index in [-0.39, 0.29) is 35.9 Å². The molecule has 8 nitrogen and oxygen atoms in total. The van der Waals surface area contributed by atoms with Crippen LogP contribution in [0.3, 0.4) is 0 Å². The number of nitrogens with one attached hydrogen (secondary N) is 1. The lowest BCUT2D eigenvalue weighted by Gasteiger charge is -2.35. The number of aromatic amines is 1. The molecule has 1 amide bonds. The number of ether oxygens (including phenoxy) is 2. The van der Waals surface area contributed by atoms with E-state index in [1.807, 2.05) is 53.4 Å². The molecule has 3 N–H and O–H groups in total. The number of ketones is 1. The van der Waals surface area contributed by atoms with E-state index in [0.717, 1.165) is 54.1 Å². The molecule has 1 aromatic heterocycles. The number of hydrogen-bond acceptors (Lipinski definition) is 6. The van der Waals surface area contributed by atoms with Gasteiger partial charge in [-0.15, -0.1) is 0 Å². The number of H-pyrrole nitrogens is 1. The Morgan fingerprint density at radius 1 is 1.00 bits per heavy atom. The molecule has 1 saturated heterocycles. The zero-order valence-corrected chi connectivity index (χ0v) is 25.5. The molecule has 3 atom stereocenters. The first-order valence-corrected chi connectivity index (χ1v) is 15.9. The Hall–Kier alpha value is -3.56. The fourth-order valence-electron chi connectivity index (χ4n) is 6.94. The molecule has 1 aliphatic heterocycles. The zero-order valence-electron chi connectivity index (χ0n) is 25.5. The van der Waals surface area contributed by atoms with Crippen molar-refractivity contribution in [3.63, 3.8) is 0 Å². The molecule has 44 heavy (non-hydrogen) atoms. The standard InChI is InChI=1S/C35H44FN3O5/c1-43-17-5-6-18-44-35(42)31-21-27-19-23(9-14-30(27)38-31)20-32(40)33-28(24-7-3-2-4-8-24)15-16-39(33)34(41)26-12-10-25(11-13-26)29(37)22-36/h2-4,7-9,14,19,21,25-26,28-29,33,38H,5-6,10-13,15-18,20,22,37H2,1H3/t25?,26?,28-,29-,33+/m1/s1. The van der Waals surface area contributed by atoms with Gasteiger partial charge < -0.3 is 25.1 Å². The molecule has 1 saturated carbocycles. The van der Waals surface area contributed by atoms with Gasteiger partial charge in [-0.3, -0.25) is 9.59 Å². The Bertz CT molecular complexity index is 1420. The molecule has 2 aliphatic rings. The molecule has 236 valence electrons. The summed E-state index contributed by atoms with van der Waals surface area (Å²) >= 11 is 0. The molecule has 0 spiro atoms. The van der Waals surface area contributed by atoms with Gasteiger partial charge in [-0.25, -0.2) is 9.18 Å². The summed E-state index contributed by atoms with van der Waals surface area (Å²) in [5, 5.41) is 0.823. The maximum absolute atomic E-state index is 14.1. The van der Waals surface area contributed by atoms with Crippen LogP contribution in [0.15, 0.2) is 54.6 Å². The summed E-state index contributed by atoms with van der Waals surface area (Å²) in [6, 6.07) is 16.4. The number of aromatic nitrogens is 1. The Kier molecular flexibility index (Phi) is 10.8. The van der Waals surface area contributed by atoms with Crippen LogP contribution in [0.4, 0.5) is 4.39 Å². The smallest absolute Gasteiger partial charge is 0.354 e. The number of rotatable bonds is 13. The molecule has 2 heterocycles. The van der Waals surface area contributed by atoms with Gasteiger partial charge in [-0.05, 0) is 80.2 Å². The molecule has 1 aliphatic carbocycles. The molecule has 5 rings (SSSR count). The van der Waals surface area contributed by atoms with Gasteiger partial charge in [0.2, 0.25) is 5.91 Å². The van der Waals surface area contributed by atoms with Crippen LogP contribution in [-0.2, 0) is 25.5 Å². The molecule has 2 fully saturated rings. The van der Waals surface area contributed by atoms with Crippen molar-refractivity contribution in [3.05, 3.63) is 71.4 Å². The van der Waals surface area contributed by atoms with E-state index < -0.39 is 24.7 Å². The average Bonchev–Trinajstić information content (AvgIpc) is 3.69. The molecule has 9 heteroatoms. The van der Waals surface area contributed by atoms with Crippen LogP contribution in [0.2, 0.25) is 0 Å². The van der Waals surface area contributed by atoms with E-state index in [0.29, 0.717) is 38.3 Å². The largest absolute Gasteiger partial charge is 0.461 e. The van der Waals surface area contributed by atoms with Crippen molar-refractivity contribution >= 4 is 28.6 Å². The third-order valence-corrected chi connectivity index (χ3v) is 9.40. The number of unbranched alkanes of at least 4 members (excludes halogenated alkanes) is 1. The SMILES string of the molecule is COCCCCOC(=O)c1cc2cc(CC(=O)[C@@H]3[C@@H](c4ccccc4)CCN3C(=O)C3CCC([C@H](N)CF)CC3)ccc2[nH]1. The minimum Gasteiger partial charge on any atom is -0.461 e. The number of carbonyl (C=O) groups is 3. The first kappa shape index (κ1) is 31.9. The molecular formula is C35H44FN3O5. The van der Waals surface area contributed by atoms with Crippen molar-refractivity contribution in [1.82, 2.24) is 9.88 Å². The number of nitrogens with zero attached hydrogens (tertiary/aromatic N) is 1. The van der Waals surface area contributed by atoms with Crippen molar-refractivity contribution in [2.75, 3.05) is 33.5 Å². The fourth-order valence-corrected chi connectivity index (χ4v) is 6.94. The second kappa shape index (κ2) is 14.9. The molecule has 2 aromatic carbocycles. The van der Waals surface area contributed by atoms with Gasteiger partial charge in [-0.1, -0.05) is 36.4 Å². The maximum atomic E-state index is 14.1.